The molecule has 5 aromatic carbocycles. The molecule has 3 nitrogen and oxygen atoms in total. The largest absolute Gasteiger partial charge is 0.455 e. The van der Waals surface area contributed by atoms with Gasteiger partial charge >= 0.3 is 0 Å². The smallest absolute Gasteiger partial charge is 0.145 e. The fraction of sp³-hybridized carbons (Fsp3) is 0.125. The Morgan fingerprint density at radius 1 is 0.628 bits per heavy atom. The summed E-state index contributed by atoms with van der Waals surface area (Å²) in [5.41, 5.74) is 11.6. The van der Waals surface area contributed by atoms with E-state index in [2.05, 4.69) is 128 Å². The molecule has 206 valence electrons. The predicted octanol–water partition coefficient (Wildman–Crippen LogP) is 11.1. The Kier molecular flexibility index (Phi) is 4.94. The number of benzene rings is 5. The summed E-state index contributed by atoms with van der Waals surface area (Å²) in [6, 6.07) is 39.5. The summed E-state index contributed by atoms with van der Waals surface area (Å²) in [5, 5.41) is 7.20. The summed E-state index contributed by atoms with van der Waals surface area (Å²) in [6.45, 7) is 6.85. The lowest BCUT2D eigenvalue weighted by Gasteiger charge is -2.18. The summed E-state index contributed by atoms with van der Waals surface area (Å²) in [5.74, 6) is 0. The molecule has 0 bridgehead atoms. The number of aromatic nitrogens is 2. The van der Waals surface area contributed by atoms with Crippen molar-refractivity contribution in [3.8, 4) is 22.4 Å². The number of hydrogen-bond donors (Lipinski definition) is 0. The quantitative estimate of drug-likeness (QED) is 0.217. The first-order chi connectivity index (χ1) is 20.9. The van der Waals surface area contributed by atoms with E-state index in [1.807, 2.05) is 12.3 Å². The van der Waals surface area contributed by atoms with Crippen LogP contribution in [-0.4, -0.2) is 9.38 Å². The van der Waals surface area contributed by atoms with Gasteiger partial charge in [0.1, 0.15) is 11.2 Å². The Morgan fingerprint density at radius 2 is 1.40 bits per heavy atom. The van der Waals surface area contributed by atoms with Gasteiger partial charge < -0.3 is 8.82 Å². The number of fused-ring (bicyclic) bond motifs is 10. The lowest BCUT2D eigenvalue weighted by molar-refractivity contribution is 0.411. The second-order valence-corrected chi connectivity index (χ2v) is 13.1. The second kappa shape index (κ2) is 8.68. The van der Waals surface area contributed by atoms with Crippen molar-refractivity contribution >= 4 is 60.0 Å². The number of para-hydroxylation sites is 1. The van der Waals surface area contributed by atoms with Crippen LogP contribution in [0.15, 0.2) is 120 Å². The van der Waals surface area contributed by atoms with E-state index in [4.69, 9.17) is 9.40 Å². The number of pyridine rings is 1. The molecule has 0 amide bonds. The molecule has 0 aliphatic heterocycles. The molecular formula is C40H30N2O. The Morgan fingerprint density at radius 3 is 2.26 bits per heavy atom. The minimum atomic E-state index is 0.218. The van der Waals surface area contributed by atoms with Crippen LogP contribution in [-0.2, 0) is 6.42 Å². The molecule has 0 radical (unpaired) electrons. The fourth-order valence-electron chi connectivity index (χ4n) is 7.12. The molecule has 0 aliphatic rings. The van der Waals surface area contributed by atoms with Crippen molar-refractivity contribution in [1.82, 2.24) is 9.38 Å². The van der Waals surface area contributed by atoms with Gasteiger partial charge in [0.05, 0.1) is 27.6 Å². The van der Waals surface area contributed by atoms with Crippen molar-refractivity contribution in [3.63, 3.8) is 0 Å². The maximum Gasteiger partial charge on any atom is 0.145 e. The highest BCUT2D eigenvalue weighted by Crippen LogP contribution is 2.46. The third-order valence-corrected chi connectivity index (χ3v) is 8.86. The van der Waals surface area contributed by atoms with Crippen LogP contribution in [0.1, 0.15) is 26.3 Å². The average Bonchev–Trinajstić information content (AvgIpc) is 3.66. The molecular weight excluding hydrogens is 524 g/mol. The van der Waals surface area contributed by atoms with Crippen molar-refractivity contribution in [3.05, 3.63) is 121 Å². The average molecular weight is 555 g/mol. The third-order valence-electron chi connectivity index (χ3n) is 8.86. The monoisotopic (exact) mass is 554 g/mol. The Hall–Kier alpha value is -5.15. The number of nitrogens with zero attached hydrogens (tertiary/aromatic N) is 2. The summed E-state index contributed by atoms with van der Waals surface area (Å²) in [4.78, 5) is 4.80. The van der Waals surface area contributed by atoms with Crippen molar-refractivity contribution < 1.29 is 4.42 Å². The summed E-state index contributed by atoms with van der Waals surface area (Å²) in [7, 11) is 0. The van der Waals surface area contributed by atoms with E-state index in [1.54, 1.807) is 0 Å². The Labute approximate surface area is 249 Å². The molecule has 3 heteroatoms. The SMILES string of the molecule is CC(C)(C)Cc1ccnc(-c2ccc3c(c2)c2cc(-c4ccccc4)cc4c5c6oc7ccccc7c6ccc5n3c24)c1. The fourth-order valence-corrected chi connectivity index (χ4v) is 7.12. The summed E-state index contributed by atoms with van der Waals surface area (Å²) in [6.07, 6.45) is 2.97. The predicted molar refractivity (Wildman–Crippen MR) is 180 cm³/mol. The zero-order valence-electron chi connectivity index (χ0n) is 24.5. The highest BCUT2D eigenvalue weighted by molar-refractivity contribution is 6.30. The van der Waals surface area contributed by atoms with Crippen LogP contribution in [0, 0.1) is 5.41 Å². The van der Waals surface area contributed by atoms with Crippen LogP contribution in [0.2, 0.25) is 0 Å². The van der Waals surface area contributed by atoms with Crippen LogP contribution < -0.4 is 0 Å². The first-order valence-electron chi connectivity index (χ1n) is 15.0. The molecule has 0 N–H and O–H groups in total. The van der Waals surface area contributed by atoms with Gasteiger partial charge in [-0.25, -0.2) is 0 Å². The molecule has 0 unspecified atom stereocenters. The zero-order valence-corrected chi connectivity index (χ0v) is 24.5. The minimum absolute atomic E-state index is 0.218. The summed E-state index contributed by atoms with van der Waals surface area (Å²) >= 11 is 0. The lowest BCUT2D eigenvalue weighted by Crippen LogP contribution is -2.09. The maximum absolute atomic E-state index is 6.59. The van der Waals surface area contributed by atoms with Gasteiger partial charge in [0.2, 0.25) is 0 Å². The standard InChI is InChI=1S/C40H30N2O/c1-40(2,3)23-24-17-18-41-33(19-24)26-13-15-34-30(20-26)31-21-27(25-9-5-4-6-10-25)22-32-37-35(42(34)38(31)32)16-14-29-28-11-7-8-12-36(28)43-39(29)37/h4-22H,23H2,1-3H3. The molecule has 43 heavy (non-hydrogen) atoms. The van der Waals surface area contributed by atoms with E-state index in [0.29, 0.717) is 0 Å². The molecule has 0 fully saturated rings. The number of furan rings is 1. The van der Waals surface area contributed by atoms with Crippen LogP contribution in [0.25, 0.3) is 82.4 Å². The Bertz CT molecular complexity index is 2510. The molecule has 0 spiro atoms. The van der Waals surface area contributed by atoms with Crippen molar-refractivity contribution in [2.75, 3.05) is 0 Å². The molecule has 4 aromatic heterocycles. The van der Waals surface area contributed by atoms with Crippen LogP contribution in [0.4, 0.5) is 0 Å². The number of rotatable bonds is 3. The van der Waals surface area contributed by atoms with Crippen LogP contribution in [0.3, 0.4) is 0 Å². The van der Waals surface area contributed by atoms with Gasteiger partial charge in [0.15, 0.2) is 0 Å². The lowest BCUT2D eigenvalue weighted by atomic mass is 9.88. The second-order valence-electron chi connectivity index (χ2n) is 13.1. The van der Waals surface area contributed by atoms with Gasteiger partial charge in [-0.05, 0) is 83.1 Å². The van der Waals surface area contributed by atoms with Crippen molar-refractivity contribution in [2.24, 2.45) is 5.41 Å². The van der Waals surface area contributed by atoms with E-state index in [9.17, 15) is 0 Å². The molecule has 0 aliphatic carbocycles. The molecule has 0 atom stereocenters. The first-order valence-corrected chi connectivity index (χ1v) is 15.0. The van der Waals surface area contributed by atoms with E-state index in [0.717, 1.165) is 39.6 Å². The van der Waals surface area contributed by atoms with E-state index in [-0.39, 0.29) is 5.41 Å². The summed E-state index contributed by atoms with van der Waals surface area (Å²) < 4.78 is 9.02. The molecule has 9 rings (SSSR count). The first kappa shape index (κ1) is 24.4. The zero-order chi connectivity index (χ0) is 28.9. The molecule has 0 saturated carbocycles. The topological polar surface area (TPSA) is 30.4 Å². The highest BCUT2D eigenvalue weighted by atomic mass is 16.3. The molecule has 0 saturated heterocycles. The molecule has 9 aromatic rings. The number of hydrogen-bond acceptors (Lipinski definition) is 2. The van der Waals surface area contributed by atoms with Gasteiger partial charge in [-0.15, -0.1) is 0 Å². The van der Waals surface area contributed by atoms with Gasteiger partial charge in [0, 0.05) is 38.7 Å². The molecule has 4 heterocycles. The van der Waals surface area contributed by atoms with Gasteiger partial charge in [-0.2, -0.15) is 0 Å². The Balaban J connectivity index is 1.38. The van der Waals surface area contributed by atoms with Gasteiger partial charge in [-0.3, -0.25) is 4.98 Å². The normalized spacial score (nSPS) is 12.6. The third kappa shape index (κ3) is 3.64. The van der Waals surface area contributed by atoms with Crippen molar-refractivity contribution in [1.29, 1.82) is 0 Å². The minimum Gasteiger partial charge on any atom is -0.455 e. The van der Waals surface area contributed by atoms with Gasteiger partial charge in [0.25, 0.3) is 0 Å². The van der Waals surface area contributed by atoms with Gasteiger partial charge in [-0.1, -0.05) is 75.4 Å². The van der Waals surface area contributed by atoms with E-state index >= 15 is 0 Å². The maximum atomic E-state index is 6.59. The van der Waals surface area contributed by atoms with E-state index < -0.39 is 0 Å². The van der Waals surface area contributed by atoms with Crippen LogP contribution >= 0.6 is 0 Å². The highest BCUT2D eigenvalue weighted by Gasteiger charge is 2.23. The van der Waals surface area contributed by atoms with E-state index in [1.165, 1.54) is 54.8 Å². The van der Waals surface area contributed by atoms with Crippen LogP contribution in [0.5, 0.6) is 0 Å². The van der Waals surface area contributed by atoms with Crippen molar-refractivity contribution in [2.45, 2.75) is 27.2 Å².